The second-order valence-electron chi connectivity index (χ2n) is 5.87. The molecule has 0 heterocycles. The molecule has 0 aliphatic heterocycles. The van der Waals surface area contributed by atoms with Crippen LogP contribution in [0.3, 0.4) is 0 Å². The summed E-state index contributed by atoms with van der Waals surface area (Å²) in [7, 11) is 0. The van der Waals surface area contributed by atoms with Crippen LogP contribution in [0.2, 0.25) is 0 Å². The van der Waals surface area contributed by atoms with Crippen molar-refractivity contribution in [3.05, 3.63) is 71.3 Å². The van der Waals surface area contributed by atoms with E-state index in [-0.39, 0.29) is 5.78 Å². The van der Waals surface area contributed by atoms with Crippen molar-refractivity contribution in [1.29, 1.82) is 0 Å². The Kier molecular flexibility index (Phi) is 4.49. The molecule has 0 amide bonds. The van der Waals surface area contributed by atoms with Crippen LogP contribution in [-0.2, 0) is 5.75 Å². The van der Waals surface area contributed by atoms with E-state index in [0.29, 0.717) is 0 Å². The maximum atomic E-state index is 12.5. The van der Waals surface area contributed by atoms with Crippen molar-refractivity contribution >= 4 is 17.5 Å². The molecule has 0 bridgehead atoms. The predicted octanol–water partition coefficient (Wildman–Crippen LogP) is 5.49. The molecule has 0 radical (unpaired) electrons. The molecule has 1 aliphatic carbocycles. The quantitative estimate of drug-likeness (QED) is 0.442. The highest BCUT2D eigenvalue weighted by atomic mass is 32.2. The van der Waals surface area contributed by atoms with Crippen LogP contribution in [0, 0.1) is 0 Å². The number of rotatable bonds is 6. The van der Waals surface area contributed by atoms with Gasteiger partial charge in [0.25, 0.3) is 0 Å². The zero-order valence-corrected chi connectivity index (χ0v) is 13.7. The molecule has 2 heteroatoms. The van der Waals surface area contributed by atoms with Crippen molar-refractivity contribution in [2.75, 3.05) is 5.75 Å². The van der Waals surface area contributed by atoms with Gasteiger partial charge < -0.3 is 0 Å². The number of carbonyl (C=O) groups excluding carboxylic acids is 1. The molecule has 22 heavy (non-hydrogen) atoms. The minimum Gasteiger partial charge on any atom is -0.289 e. The third-order valence-corrected chi connectivity index (χ3v) is 5.07. The first-order valence-electron chi connectivity index (χ1n) is 7.66. The lowest BCUT2D eigenvalue weighted by molar-refractivity contribution is 0.104. The second kappa shape index (κ2) is 6.53. The van der Waals surface area contributed by atoms with Crippen molar-refractivity contribution in [2.45, 2.75) is 25.5 Å². The van der Waals surface area contributed by atoms with Gasteiger partial charge in [-0.15, -0.1) is 6.58 Å². The summed E-state index contributed by atoms with van der Waals surface area (Å²) in [5.41, 5.74) is 6.34. The van der Waals surface area contributed by atoms with Crippen LogP contribution in [0.25, 0.3) is 11.1 Å². The molecule has 0 spiro atoms. The lowest BCUT2D eigenvalue weighted by atomic mass is 10.0. The third kappa shape index (κ3) is 3.02. The van der Waals surface area contributed by atoms with Gasteiger partial charge in [0, 0.05) is 16.9 Å². The predicted molar refractivity (Wildman–Crippen MR) is 95.5 cm³/mol. The standard InChI is InChI=1S/C20H20OS/c1-14(2)6-5-11-22-13-15-9-10-17-16-7-3-4-8-18(16)20(21)19(17)12-15/h3-4,7-10,12H,1,5-6,11,13H2,2H3. The first-order chi connectivity index (χ1) is 10.7. The van der Waals surface area contributed by atoms with Crippen LogP contribution >= 0.6 is 11.8 Å². The molecule has 1 nitrogen and oxygen atoms in total. The van der Waals surface area contributed by atoms with Crippen molar-refractivity contribution in [3.63, 3.8) is 0 Å². The fourth-order valence-corrected chi connectivity index (χ4v) is 3.74. The molecule has 0 aromatic heterocycles. The number of carbonyl (C=O) groups is 1. The Morgan fingerprint density at radius 2 is 1.77 bits per heavy atom. The molecular weight excluding hydrogens is 288 g/mol. The van der Waals surface area contributed by atoms with Gasteiger partial charge in [-0.05, 0) is 48.3 Å². The van der Waals surface area contributed by atoms with Crippen molar-refractivity contribution in [2.24, 2.45) is 0 Å². The van der Waals surface area contributed by atoms with Gasteiger partial charge in [-0.1, -0.05) is 42.0 Å². The van der Waals surface area contributed by atoms with Crippen molar-refractivity contribution in [1.82, 2.24) is 0 Å². The van der Waals surface area contributed by atoms with Crippen LogP contribution in [0.15, 0.2) is 54.6 Å². The Labute approximate surface area is 136 Å². The first-order valence-corrected chi connectivity index (χ1v) is 8.81. The monoisotopic (exact) mass is 308 g/mol. The maximum Gasteiger partial charge on any atom is 0.194 e. The van der Waals surface area contributed by atoms with E-state index in [9.17, 15) is 4.79 Å². The summed E-state index contributed by atoms with van der Waals surface area (Å²) in [6.45, 7) is 6.01. The molecule has 0 N–H and O–H groups in total. The minimum atomic E-state index is 0.166. The molecule has 0 atom stereocenters. The van der Waals surface area contributed by atoms with Crippen LogP contribution in [-0.4, -0.2) is 11.5 Å². The number of benzene rings is 2. The van der Waals surface area contributed by atoms with Gasteiger partial charge in [-0.25, -0.2) is 0 Å². The third-order valence-electron chi connectivity index (χ3n) is 3.95. The van der Waals surface area contributed by atoms with Gasteiger partial charge in [0.05, 0.1) is 0 Å². The van der Waals surface area contributed by atoms with Crippen LogP contribution in [0.1, 0.15) is 41.3 Å². The summed E-state index contributed by atoms with van der Waals surface area (Å²) in [4.78, 5) is 12.5. The maximum absolute atomic E-state index is 12.5. The van der Waals surface area contributed by atoms with Crippen molar-refractivity contribution in [3.8, 4) is 11.1 Å². The van der Waals surface area contributed by atoms with E-state index in [0.717, 1.165) is 40.2 Å². The van der Waals surface area contributed by atoms with E-state index in [1.54, 1.807) is 0 Å². The first kappa shape index (κ1) is 15.1. The minimum absolute atomic E-state index is 0.166. The van der Waals surface area contributed by atoms with E-state index in [4.69, 9.17) is 0 Å². The summed E-state index contributed by atoms with van der Waals surface area (Å²) in [6.07, 6.45) is 2.28. The number of hydrogen-bond donors (Lipinski definition) is 0. The van der Waals surface area contributed by atoms with Gasteiger partial charge in [-0.2, -0.15) is 11.8 Å². The fourth-order valence-electron chi connectivity index (χ4n) is 2.83. The highest BCUT2D eigenvalue weighted by Crippen LogP contribution is 2.37. The van der Waals surface area contributed by atoms with Gasteiger partial charge in [0.2, 0.25) is 0 Å². The summed E-state index contributed by atoms with van der Waals surface area (Å²) in [5.74, 6) is 2.27. The second-order valence-corrected chi connectivity index (χ2v) is 6.97. The van der Waals surface area contributed by atoms with Gasteiger partial charge in [0.15, 0.2) is 5.78 Å². The number of ketones is 1. The average Bonchev–Trinajstić information content (AvgIpc) is 2.80. The summed E-state index contributed by atoms with van der Waals surface area (Å²) in [5, 5.41) is 0. The summed E-state index contributed by atoms with van der Waals surface area (Å²) < 4.78 is 0. The molecule has 0 saturated heterocycles. The van der Waals surface area contributed by atoms with Crippen molar-refractivity contribution < 1.29 is 4.79 Å². The van der Waals surface area contributed by atoms with Crippen LogP contribution in [0.5, 0.6) is 0 Å². The van der Waals surface area contributed by atoms with Gasteiger partial charge in [0.1, 0.15) is 0 Å². The largest absolute Gasteiger partial charge is 0.289 e. The summed E-state index contributed by atoms with van der Waals surface area (Å²) >= 11 is 1.93. The Bertz CT molecular complexity index is 730. The SMILES string of the molecule is C=C(C)CCCSCc1ccc2c(c1)C(=O)c1ccccc1-2. The Morgan fingerprint density at radius 3 is 2.55 bits per heavy atom. The lowest BCUT2D eigenvalue weighted by Gasteiger charge is -2.05. The molecule has 1 aliphatic rings. The Morgan fingerprint density at radius 1 is 1.05 bits per heavy atom. The fraction of sp³-hybridized carbons (Fsp3) is 0.250. The average molecular weight is 308 g/mol. The number of thioether (sulfide) groups is 1. The van der Waals surface area contributed by atoms with E-state index in [1.165, 1.54) is 17.6 Å². The van der Waals surface area contributed by atoms with E-state index in [1.807, 2.05) is 36.0 Å². The van der Waals surface area contributed by atoms with E-state index >= 15 is 0 Å². The zero-order valence-electron chi connectivity index (χ0n) is 12.9. The molecular formula is C20H20OS. The molecule has 2 aromatic carbocycles. The lowest BCUT2D eigenvalue weighted by Crippen LogP contribution is -1.96. The molecule has 0 saturated carbocycles. The Balaban J connectivity index is 1.68. The molecule has 2 aromatic rings. The number of allylic oxidation sites excluding steroid dienone is 1. The number of hydrogen-bond acceptors (Lipinski definition) is 2. The normalized spacial score (nSPS) is 12.1. The van der Waals surface area contributed by atoms with Crippen LogP contribution in [0.4, 0.5) is 0 Å². The molecule has 3 rings (SSSR count). The van der Waals surface area contributed by atoms with Crippen LogP contribution < -0.4 is 0 Å². The van der Waals surface area contributed by atoms with Gasteiger partial charge >= 0.3 is 0 Å². The molecule has 0 unspecified atom stereocenters. The molecule has 112 valence electrons. The Hall–Kier alpha value is -1.80. The summed E-state index contributed by atoms with van der Waals surface area (Å²) in [6, 6.07) is 14.2. The van der Waals surface area contributed by atoms with E-state index < -0.39 is 0 Å². The topological polar surface area (TPSA) is 17.1 Å². The zero-order chi connectivity index (χ0) is 15.5. The van der Waals surface area contributed by atoms with Gasteiger partial charge in [-0.3, -0.25) is 4.79 Å². The highest BCUT2D eigenvalue weighted by Gasteiger charge is 2.25. The highest BCUT2D eigenvalue weighted by molar-refractivity contribution is 7.98. The smallest absolute Gasteiger partial charge is 0.194 e. The molecule has 0 fully saturated rings. The van der Waals surface area contributed by atoms with E-state index in [2.05, 4.69) is 31.7 Å². The number of fused-ring (bicyclic) bond motifs is 3.